The molecule has 0 aromatic heterocycles. The van der Waals surface area contributed by atoms with Gasteiger partial charge in [-0.2, -0.15) is 4.72 Å². The van der Waals surface area contributed by atoms with E-state index in [9.17, 15) is 11.7 Å². The van der Waals surface area contributed by atoms with Gasteiger partial charge in [-0.3, -0.25) is 0 Å². The van der Waals surface area contributed by atoms with Crippen molar-refractivity contribution in [3.05, 3.63) is 0 Å². The van der Waals surface area contributed by atoms with E-state index in [-0.39, 0.29) is 0 Å². The number of ether oxygens (including phenoxy) is 1. The van der Waals surface area contributed by atoms with Crippen LogP contribution in [0, 0.1) is 0 Å². The maximum absolute atomic E-state index is 11.4. The first-order chi connectivity index (χ1) is 3.95. The lowest BCUT2D eigenvalue weighted by atomic mass is 10.7. The first-order valence-electron chi connectivity index (χ1n) is 2.18. The number of rotatable bonds is 3. The zero-order chi connectivity index (χ0) is 7.49. The molecule has 0 saturated carbocycles. The van der Waals surface area contributed by atoms with Crippen LogP contribution in [-0.2, 0) is 4.74 Å². The zero-order valence-corrected chi connectivity index (χ0v) is 5.84. The topological polar surface area (TPSA) is 21.3 Å². The minimum Gasteiger partial charge on any atom is -0.366 e. The summed E-state index contributed by atoms with van der Waals surface area (Å²) in [6, 6.07) is 0. The van der Waals surface area contributed by atoms with Crippen molar-refractivity contribution in [3.8, 4) is 0 Å². The van der Waals surface area contributed by atoms with Gasteiger partial charge in [-0.15, -0.1) is 11.7 Å². The summed E-state index contributed by atoms with van der Waals surface area (Å²) >= 11 is -5.11. The van der Waals surface area contributed by atoms with Crippen molar-refractivity contribution >= 4 is 11.4 Å². The van der Waals surface area contributed by atoms with Crippen LogP contribution in [-0.4, -0.2) is 13.3 Å². The maximum Gasteiger partial charge on any atom is 0.277 e. The third-order valence-electron chi connectivity index (χ3n) is 0.653. The van der Waals surface area contributed by atoms with Crippen molar-refractivity contribution in [1.82, 2.24) is 4.72 Å². The molecule has 0 fully saturated rings. The van der Waals surface area contributed by atoms with Crippen LogP contribution < -0.4 is 4.72 Å². The van der Waals surface area contributed by atoms with Gasteiger partial charge in [-0.25, -0.2) is 0 Å². The predicted octanol–water partition coefficient (Wildman–Crippen LogP) is 1.94. The van der Waals surface area contributed by atoms with Crippen LogP contribution in [0.3, 0.4) is 0 Å². The summed E-state index contributed by atoms with van der Waals surface area (Å²) in [6.07, 6.45) is -0.944. The Balaban J connectivity index is 3.47. The van der Waals surface area contributed by atoms with Crippen LogP contribution >= 0.6 is 11.4 Å². The predicted molar refractivity (Wildman–Crippen MR) is 30.5 cm³/mol. The minimum atomic E-state index is -5.11. The monoisotopic (exact) mass is 163 g/mol. The molecule has 0 amide bonds. The number of hydrogen-bond acceptors (Lipinski definition) is 2. The van der Waals surface area contributed by atoms with E-state index in [1.54, 1.807) is 0 Å². The second kappa shape index (κ2) is 3.28. The fourth-order valence-electron chi connectivity index (χ4n) is 0.236. The molecule has 0 aromatic carbocycles. The lowest BCUT2D eigenvalue weighted by Gasteiger charge is -2.16. The van der Waals surface area contributed by atoms with E-state index >= 15 is 0 Å². The van der Waals surface area contributed by atoms with E-state index in [0.717, 1.165) is 0 Å². The Hall–Kier alpha value is 0.0600. The van der Waals surface area contributed by atoms with Gasteiger partial charge in [0.1, 0.15) is 6.23 Å². The molecule has 0 heterocycles. The molecule has 0 bridgehead atoms. The van der Waals surface area contributed by atoms with E-state index in [2.05, 4.69) is 4.74 Å². The summed E-state index contributed by atoms with van der Waals surface area (Å²) in [5.41, 5.74) is 0. The average molecular weight is 163 g/mol. The molecule has 1 atom stereocenters. The van der Waals surface area contributed by atoms with E-state index < -0.39 is 17.6 Å². The van der Waals surface area contributed by atoms with Gasteiger partial charge < -0.3 is 4.74 Å². The molecular formula is C3H8F3NOS. The molecule has 6 heteroatoms. The van der Waals surface area contributed by atoms with Crippen LogP contribution in [0.2, 0.25) is 0 Å². The molecule has 1 N–H and O–H groups in total. The highest BCUT2D eigenvalue weighted by atomic mass is 32.3. The molecule has 0 aliphatic heterocycles. The van der Waals surface area contributed by atoms with Crippen LogP contribution in [0.4, 0.5) is 11.7 Å². The quantitative estimate of drug-likeness (QED) is 0.642. The first-order valence-corrected chi connectivity index (χ1v) is 3.51. The molecular weight excluding hydrogens is 155 g/mol. The van der Waals surface area contributed by atoms with Gasteiger partial charge in [-0.1, -0.05) is 0 Å². The normalized spacial score (nSPS) is 17.4. The fourth-order valence-corrected chi connectivity index (χ4v) is 0.709. The number of hydrogen-bond donors (Lipinski definition) is 1. The number of halogens is 3. The molecule has 0 aliphatic rings. The van der Waals surface area contributed by atoms with Gasteiger partial charge in [0.05, 0.1) is 0 Å². The SMILES string of the molecule is COC(C)NS(F)(F)F. The number of methoxy groups -OCH3 is 1. The molecule has 0 spiro atoms. The van der Waals surface area contributed by atoms with Crippen molar-refractivity contribution in [2.45, 2.75) is 13.2 Å². The van der Waals surface area contributed by atoms with Gasteiger partial charge in [0.15, 0.2) is 0 Å². The molecule has 9 heavy (non-hydrogen) atoms. The Bertz CT molecular complexity index is 85.6. The highest BCUT2D eigenvalue weighted by molar-refractivity contribution is 8.19. The standard InChI is InChI=1S/C3H8F3NOS/c1-3(8-2)7-9(4,5)6/h3,7H,1-2H3. The third-order valence-corrected chi connectivity index (χ3v) is 1.25. The summed E-state index contributed by atoms with van der Waals surface area (Å²) in [6.45, 7) is 1.29. The van der Waals surface area contributed by atoms with Crippen LogP contribution in [0.5, 0.6) is 0 Å². The Morgan fingerprint density at radius 3 is 2.00 bits per heavy atom. The van der Waals surface area contributed by atoms with Crippen molar-refractivity contribution in [2.75, 3.05) is 7.11 Å². The van der Waals surface area contributed by atoms with Crippen LogP contribution in [0.1, 0.15) is 6.92 Å². The van der Waals surface area contributed by atoms with Gasteiger partial charge in [0.25, 0.3) is 11.4 Å². The van der Waals surface area contributed by atoms with Gasteiger partial charge in [-0.05, 0) is 6.92 Å². The van der Waals surface area contributed by atoms with Crippen LogP contribution in [0.15, 0.2) is 0 Å². The van der Waals surface area contributed by atoms with Crippen molar-refractivity contribution < 1.29 is 16.4 Å². The first kappa shape index (κ1) is 9.06. The molecule has 0 aliphatic carbocycles. The van der Waals surface area contributed by atoms with Gasteiger partial charge in [0.2, 0.25) is 0 Å². The lowest BCUT2D eigenvalue weighted by molar-refractivity contribution is 0.107. The van der Waals surface area contributed by atoms with Gasteiger partial charge >= 0.3 is 0 Å². The van der Waals surface area contributed by atoms with Gasteiger partial charge in [0, 0.05) is 7.11 Å². The molecule has 58 valence electrons. The second-order valence-electron chi connectivity index (χ2n) is 1.40. The largest absolute Gasteiger partial charge is 0.366 e. The number of nitrogens with one attached hydrogen (secondary N) is 1. The molecule has 0 rings (SSSR count). The summed E-state index contributed by atoms with van der Waals surface area (Å²) in [5.74, 6) is 0. The Morgan fingerprint density at radius 2 is 1.89 bits per heavy atom. The molecule has 2 nitrogen and oxygen atoms in total. The summed E-state index contributed by atoms with van der Waals surface area (Å²) in [5, 5.41) is 0. The van der Waals surface area contributed by atoms with E-state index in [0.29, 0.717) is 0 Å². The lowest BCUT2D eigenvalue weighted by Crippen LogP contribution is -2.24. The molecule has 1 unspecified atom stereocenters. The fraction of sp³-hybridized carbons (Fsp3) is 1.00. The molecule has 0 saturated heterocycles. The van der Waals surface area contributed by atoms with Crippen molar-refractivity contribution in [1.29, 1.82) is 0 Å². The Kier molecular flexibility index (Phi) is 3.31. The second-order valence-corrected chi connectivity index (χ2v) is 2.45. The van der Waals surface area contributed by atoms with Crippen LogP contribution in [0.25, 0.3) is 0 Å². The Morgan fingerprint density at radius 1 is 1.44 bits per heavy atom. The smallest absolute Gasteiger partial charge is 0.277 e. The highest BCUT2D eigenvalue weighted by Gasteiger charge is 2.22. The zero-order valence-electron chi connectivity index (χ0n) is 5.03. The summed E-state index contributed by atoms with van der Waals surface area (Å²) < 4.78 is 39.8. The van der Waals surface area contributed by atoms with Crippen molar-refractivity contribution in [2.24, 2.45) is 0 Å². The Labute approximate surface area is 53.7 Å². The summed E-state index contributed by atoms with van der Waals surface area (Å²) in [7, 11) is 1.21. The molecule has 0 radical (unpaired) electrons. The summed E-state index contributed by atoms with van der Waals surface area (Å²) in [4.78, 5) is 0. The maximum atomic E-state index is 11.4. The van der Waals surface area contributed by atoms with Crippen molar-refractivity contribution in [3.63, 3.8) is 0 Å². The highest BCUT2D eigenvalue weighted by Crippen LogP contribution is 2.48. The minimum absolute atomic E-state index is 0.944. The molecule has 0 aromatic rings. The van der Waals surface area contributed by atoms with E-state index in [1.165, 1.54) is 18.8 Å². The third kappa shape index (κ3) is 5.94. The van der Waals surface area contributed by atoms with E-state index in [1.807, 2.05) is 0 Å². The average Bonchev–Trinajstić information content (AvgIpc) is 1.62. The van der Waals surface area contributed by atoms with E-state index in [4.69, 9.17) is 0 Å².